The van der Waals surface area contributed by atoms with Gasteiger partial charge >= 0.3 is 17.9 Å². The maximum atomic E-state index is 16.6. The fourth-order valence-electron chi connectivity index (χ4n) is 21.5. The molecule has 13 rings (SSSR count). The smallest absolute Gasteiger partial charge is 0.331 e. The minimum absolute atomic E-state index is 0.0455. The number of aliphatic carboxylic acids is 1. The zero-order valence-corrected chi connectivity index (χ0v) is 66.6. The molecule has 0 aromatic heterocycles. The minimum atomic E-state index is -2.35. The molecule has 0 radical (unpaired) electrons. The van der Waals surface area contributed by atoms with E-state index in [2.05, 4.69) is 20.8 Å². The molecule has 38 heteroatoms. The summed E-state index contributed by atoms with van der Waals surface area (Å²) in [7, 11) is 1.47. The molecular weight excluding hydrogens is 1560 g/mol. The van der Waals surface area contributed by atoms with E-state index >= 15 is 4.79 Å². The van der Waals surface area contributed by atoms with Gasteiger partial charge in [0.1, 0.15) is 127 Å². The molecule has 1 aromatic carbocycles. The number of carbonyl (C=O) groups is 3. The summed E-state index contributed by atoms with van der Waals surface area (Å²) < 4.78 is 98.8. The number of hydrogen-bond donors (Lipinski definition) is 19. The number of rotatable bonds is 23. The predicted octanol–water partition coefficient (Wildman–Crippen LogP) is -4.28. The fourth-order valence-corrected chi connectivity index (χ4v) is 21.5. The monoisotopic (exact) mass is 1670 g/mol. The van der Waals surface area contributed by atoms with E-state index in [0.29, 0.717) is 30.6 Å². The van der Waals surface area contributed by atoms with E-state index in [4.69, 9.17) is 75.8 Å². The van der Waals surface area contributed by atoms with Crippen molar-refractivity contribution in [2.24, 2.45) is 50.2 Å². The molecule has 19 N–H and O–H groups in total. The van der Waals surface area contributed by atoms with Gasteiger partial charge in [0.25, 0.3) is 0 Å². The van der Waals surface area contributed by atoms with Crippen molar-refractivity contribution < 1.29 is 187 Å². The van der Waals surface area contributed by atoms with Gasteiger partial charge in [-0.15, -0.1) is 0 Å². The van der Waals surface area contributed by atoms with Gasteiger partial charge in [0.15, 0.2) is 49.9 Å². The van der Waals surface area contributed by atoms with E-state index in [9.17, 15) is 107 Å². The van der Waals surface area contributed by atoms with Gasteiger partial charge in [-0.25, -0.2) is 4.79 Å². The summed E-state index contributed by atoms with van der Waals surface area (Å²) in [5.74, 6) is -4.68. The highest BCUT2D eigenvalue weighted by Gasteiger charge is 2.74. The summed E-state index contributed by atoms with van der Waals surface area (Å²) in [6.07, 6.45) is -51.1. The summed E-state index contributed by atoms with van der Waals surface area (Å²) in [6.45, 7) is 9.28. The summed E-state index contributed by atoms with van der Waals surface area (Å²) in [6, 6.07) is 6.58. The standard InChI is InChI=1S/C79H118O38/c1-32-46(87)49(90)52(93)65(105-32)114-60-57(110-45(86)17-12-35-10-13-36(102-9)14-11-35)34(3)107-69(61(60)115-68-55(96)59(113-70-62(97)79(101,30-83)31-104-70)56(33(2)106-68)111-64-54(95)58(40(85)28-103-64)112-66-51(92)48(89)42(27-81)108-66)117-72(100)77-21-20-73(4,5)24-38(77)37-15-16-43-74(6)25-39(84)63(116-67-53(94)50(91)47(88)41(26-80)109-67)76(8,71(98)99)44(74)18-19-75(43,7)78(37,29-82)23-22-77/h10-15,17,32-34,38-44,46-70,80-85,87-97,101H,16,18-31H2,1-9H3,(H,98,99). The van der Waals surface area contributed by atoms with Crippen molar-refractivity contribution in [3.63, 3.8) is 0 Å². The third-order valence-corrected chi connectivity index (χ3v) is 28.4. The Morgan fingerprint density at radius 1 is 0.521 bits per heavy atom. The predicted molar refractivity (Wildman–Crippen MR) is 389 cm³/mol. The average Bonchev–Trinajstić information content (AvgIpc) is 0.906. The van der Waals surface area contributed by atoms with Crippen LogP contribution in [-0.2, 0) is 85.4 Å². The maximum Gasteiger partial charge on any atom is 0.331 e. The van der Waals surface area contributed by atoms with Crippen LogP contribution in [0.1, 0.15) is 119 Å². The van der Waals surface area contributed by atoms with Crippen LogP contribution in [0, 0.1) is 50.2 Å². The fraction of sp³-hybridized carbons (Fsp3) is 0.835. The molecule has 0 spiro atoms. The van der Waals surface area contributed by atoms with Gasteiger partial charge in [0.05, 0.1) is 82.0 Å². The Labute approximate surface area is 674 Å². The van der Waals surface area contributed by atoms with Gasteiger partial charge in [0.2, 0.25) is 6.29 Å². The summed E-state index contributed by atoms with van der Waals surface area (Å²) in [5.41, 5.74) is -8.04. The van der Waals surface area contributed by atoms with Crippen LogP contribution in [0.5, 0.6) is 5.75 Å². The number of carboxylic acid groups (broad SMARTS) is 1. The van der Waals surface area contributed by atoms with Gasteiger partial charge in [0, 0.05) is 11.5 Å². The first-order chi connectivity index (χ1) is 55.1. The Bertz CT molecular complexity index is 3670. The van der Waals surface area contributed by atoms with Gasteiger partial charge in [-0.1, -0.05) is 51.5 Å². The molecule has 41 unspecified atom stereocenters. The van der Waals surface area contributed by atoms with Gasteiger partial charge in [-0.05, 0) is 143 Å². The molecule has 7 saturated heterocycles. The molecule has 7 heterocycles. The van der Waals surface area contributed by atoms with Crippen LogP contribution in [0.2, 0.25) is 0 Å². The average molecular weight is 1680 g/mol. The molecular formula is C79H118O38. The van der Waals surface area contributed by atoms with Gasteiger partial charge in [-0.2, -0.15) is 0 Å². The highest BCUT2D eigenvalue weighted by molar-refractivity contribution is 5.87. The Hall–Kier alpha value is -4.33. The Balaban J connectivity index is 0.859. The number of aliphatic hydroxyl groups excluding tert-OH is 17. The van der Waals surface area contributed by atoms with E-state index in [1.54, 1.807) is 24.3 Å². The first-order valence-corrected chi connectivity index (χ1v) is 40.3. The van der Waals surface area contributed by atoms with Crippen molar-refractivity contribution in [3.05, 3.63) is 47.6 Å². The van der Waals surface area contributed by atoms with Crippen molar-refractivity contribution in [3.8, 4) is 5.75 Å². The molecule has 0 bridgehead atoms. The van der Waals surface area contributed by atoms with Crippen LogP contribution in [0.4, 0.5) is 0 Å². The maximum absolute atomic E-state index is 16.6. The second kappa shape index (κ2) is 34.7. The third kappa shape index (κ3) is 16.0. The minimum Gasteiger partial charge on any atom is -0.497 e. The second-order valence-corrected chi connectivity index (χ2v) is 35.8. The lowest BCUT2D eigenvalue weighted by atomic mass is 9.33. The van der Waals surface area contributed by atoms with E-state index in [1.807, 2.05) is 13.0 Å². The van der Waals surface area contributed by atoms with Crippen LogP contribution >= 0.6 is 0 Å². The first kappa shape index (κ1) is 90.4. The molecule has 7 aliphatic heterocycles. The first-order valence-electron chi connectivity index (χ1n) is 40.3. The summed E-state index contributed by atoms with van der Waals surface area (Å²) in [5, 5.41) is 213. The Kier molecular flexibility index (Phi) is 26.8. The molecule has 41 atom stereocenters. The number of benzene rings is 1. The molecule has 4 saturated carbocycles. The molecule has 5 aliphatic carbocycles. The van der Waals surface area contributed by atoms with E-state index in [-0.39, 0.29) is 38.5 Å². The van der Waals surface area contributed by atoms with Crippen molar-refractivity contribution in [1.82, 2.24) is 0 Å². The number of hydrogen-bond acceptors (Lipinski definition) is 37. The molecule has 12 aliphatic rings. The van der Waals surface area contributed by atoms with Crippen LogP contribution in [0.3, 0.4) is 0 Å². The van der Waals surface area contributed by atoms with E-state index < -0.39 is 310 Å². The summed E-state index contributed by atoms with van der Waals surface area (Å²) >= 11 is 0. The highest BCUT2D eigenvalue weighted by atomic mass is 16.8. The zero-order chi connectivity index (χ0) is 85.0. The lowest BCUT2D eigenvalue weighted by Crippen LogP contribution is -2.71. The van der Waals surface area contributed by atoms with E-state index in [0.717, 1.165) is 11.6 Å². The van der Waals surface area contributed by atoms with Crippen LogP contribution in [0.15, 0.2) is 42.0 Å². The van der Waals surface area contributed by atoms with Crippen molar-refractivity contribution in [1.29, 1.82) is 0 Å². The number of carboxylic acids is 1. The largest absolute Gasteiger partial charge is 0.497 e. The number of allylic oxidation sites excluding steroid dienone is 1. The number of fused-ring (bicyclic) bond motifs is 7. The molecule has 117 heavy (non-hydrogen) atoms. The summed E-state index contributed by atoms with van der Waals surface area (Å²) in [4.78, 5) is 45.2. The normalized spacial score (nSPS) is 50.4. The number of esters is 2. The molecule has 38 nitrogen and oxygen atoms in total. The van der Waals surface area contributed by atoms with Gasteiger partial charge < -0.3 is 173 Å². The molecule has 0 amide bonds. The van der Waals surface area contributed by atoms with Crippen molar-refractivity contribution >= 4 is 24.0 Å². The van der Waals surface area contributed by atoms with E-state index in [1.165, 1.54) is 40.9 Å². The van der Waals surface area contributed by atoms with Crippen LogP contribution in [0.25, 0.3) is 6.08 Å². The number of carbonyl (C=O) groups excluding carboxylic acids is 2. The second-order valence-electron chi connectivity index (χ2n) is 35.8. The molecule has 662 valence electrons. The number of ether oxygens (including phenoxy) is 16. The molecule has 1 aromatic rings. The zero-order valence-electron chi connectivity index (χ0n) is 66.6. The lowest BCUT2D eigenvalue weighted by Gasteiger charge is -2.71. The highest BCUT2D eigenvalue weighted by Crippen LogP contribution is 2.76. The van der Waals surface area contributed by atoms with Crippen molar-refractivity contribution in [2.75, 3.05) is 46.8 Å². The molecule has 11 fully saturated rings. The van der Waals surface area contributed by atoms with Crippen molar-refractivity contribution in [2.45, 2.75) is 315 Å². The number of methoxy groups -OCH3 is 1. The number of aliphatic hydroxyl groups is 18. The third-order valence-electron chi connectivity index (χ3n) is 28.4. The van der Waals surface area contributed by atoms with Crippen LogP contribution in [-0.4, -0.2) is 364 Å². The topological polar surface area (TPSA) is 583 Å². The van der Waals surface area contributed by atoms with Gasteiger partial charge in [-0.3, -0.25) is 9.59 Å². The van der Waals surface area contributed by atoms with Crippen LogP contribution < -0.4 is 4.74 Å². The Morgan fingerprint density at radius 2 is 1.08 bits per heavy atom. The lowest BCUT2D eigenvalue weighted by molar-refractivity contribution is -0.398. The quantitative estimate of drug-likeness (QED) is 0.0213. The Morgan fingerprint density at radius 3 is 1.71 bits per heavy atom. The SMILES string of the molecule is COc1ccc(C=CC(=O)OC2C(C)OC(OC(=O)C34CCC(C)(C)CC3C3=CCC5C6(C)CC(O)C(OC7OC(CO)C(O)C(O)C7O)C(C)(C(=O)O)C6CCC5(C)C3(CO)CC4)C(OC3OC(C)C(OC4OCC(O)C(OC5OC(CO)C(O)C5O)C4O)C(OC4OCC(O)(CO)C4O)C3O)C2OC2OC(C)C(O)C(O)C2O)cc1.